The van der Waals surface area contributed by atoms with Gasteiger partial charge in [0, 0.05) is 37.7 Å². The Hall–Kier alpha value is -3.30. The van der Waals surface area contributed by atoms with E-state index < -0.39 is 0 Å². The van der Waals surface area contributed by atoms with E-state index >= 15 is 0 Å². The lowest BCUT2D eigenvalue weighted by Crippen LogP contribution is -2.15. The zero-order valence-corrected chi connectivity index (χ0v) is 26.2. The van der Waals surface area contributed by atoms with Crippen molar-refractivity contribution in [3.05, 3.63) is 88.1 Å². The second kappa shape index (κ2) is 9.38. The van der Waals surface area contributed by atoms with Crippen molar-refractivity contribution >= 4 is 37.9 Å². The molecule has 40 heavy (non-hydrogen) atoms. The highest BCUT2D eigenvalue weighted by molar-refractivity contribution is 7.19. The lowest BCUT2D eigenvalue weighted by atomic mass is 9.82. The van der Waals surface area contributed by atoms with E-state index in [-0.39, 0.29) is 10.8 Å². The molecule has 0 spiro atoms. The molecule has 1 aliphatic rings. The van der Waals surface area contributed by atoms with Crippen molar-refractivity contribution in [1.29, 1.82) is 0 Å². The number of hydrogen-bond donors (Lipinski definition) is 0. The number of pyridine rings is 2. The maximum absolute atomic E-state index is 5.38. The highest BCUT2D eigenvalue weighted by Crippen LogP contribution is 2.46. The lowest BCUT2D eigenvalue weighted by Gasteiger charge is -2.23. The van der Waals surface area contributed by atoms with E-state index in [1.165, 1.54) is 59.4 Å². The third-order valence-electron chi connectivity index (χ3n) is 8.37. The monoisotopic (exact) mass is 544 g/mol. The Morgan fingerprint density at radius 1 is 0.925 bits per heavy atom. The topological polar surface area (TPSA) is 25.8 Å². The first-order valence-electron chi connectivity index (χ1n) is 14.5. The second-order valence-electron chi connectivity index (χ2n) is 13.6. The molecule has 0 bridgehead atoms. The minimum atomic E-state index is -0.125. The molecule has 5 aromatic rings. The fraction of sp³-hybridized carbons (Fsp3) is 0.351. The predicted molar refractivity (Wildman–Crippen MR) is 174 cm³/mol. The summed E-state index contributed by atoms with van der Waals surface area (Å²) in [6.07, 6.45) is 5.41. The predicted octanol–water partition coefficient (Wildman–Crippen LogP) is 10.7. The Kier molecular flexibility index (Phi) is 6.31. The van der Waals surface area contributed by atoms with Crippen LogP contribution in [-0.2, 0) is 17.3 Å². The van der Waals surface area contributed by atoms with E-state index in [1.807, 2.05) is 23.6 Å². The zero-order valence-electron chi connectivity index (χ0n) is 25.4. The maximum Gasteiger partial charge on any atom is 0.0713 e. The number of hydrogen-bond acceptors (Lipinski definition) is 3. The van der Waals surface area contributed by atoms with Gasteiger partial charge in [-0.2, -0.15) is 0 Å². The molecule has 0 aliphatic heterocycles. The van der Waals surface area contributed by atoms with Gasteiger partial charge in [-0.3, -0.25) is 9.97 Å². The summed E-state index contributed by atoms with van der Waals surface area (Å²) in [6.45, 7) is 20.6. The molecule has 6 rings (SSSR count). The van der Waals surface area contributed by atoms with E-state index in [9.17, 15) is 0 Å². The smallest absolute Gasteiger partial charge is 0.0713 e. The average molecular weight is 545 g/mol. The van der Waals surface area contributed by atoms with Crippen molar-refractivity contribution in [1.82, 2.24) is 9.97 Å². The van der Waals surface area contributed by atoms with Crippen LogP contribution in [0, 0.1) is 12.8 Å². The lowest BCUT2D eigenvalue weighted by molar-refractivity contribution is 0.596. The molecule has 0 N–H and O–H groups in total. The summed E-state index contributed by atoms with van der Waals surface area (Å²) >= 11 is 1.96. The van der Waals surface area contributed by atoms with Gasteiger partial charge in [0.05, 0.1) is 16.9 Å². The molecular weight excluding hydrogens is 504 g/mol. The normalized spacial score (nSPS) is 14.8. The molecular formula is C37H40N2S. The third kappa shape index (κ3) is 4.49. The quantitative estimate of drug-likeness (QED) is 0.225. The summed E-state index contributed by atoms with van der Waals surface area (Å²) < 4.78 is 1.38. The van der Waals surface area contributed by atoms with Gasteiger partial charge < -0.3 is 0 Å². The van der Waals surface area contributed by atoms with Crippen molar-refractivity contribution in [2.75, 3.05) is 0 Å². The first-order valence-corrected chi connectivity index (χ1v) is 15.3. The van der Waals surface area contributed by atoms with Gasteiger partial charge in [-0.15, -0.1) is 11.3 Å². The van der Waals surface area contributed by atoms with Crippen molar-refractivity contribution in [3.63, 3.8) is 0 Å². The van der Waals surface area contributed by atoms with Crippen molar-refractivity contribution < 1.29 is 0 Å². The summed E-state index contributed by atoms with van der Waals surface area (Å²) in [5, 5.41) is 2.60. The number of allylic oxidation sites excluding steroid dienone is 2. The van der Waals surface area contributed by atoms with E-state index in [0.29, 0.717) is 5.92 Å². The molecule has 3 aromatic heterocycles. The van der Waals surface area contributed by atoms with Crippen molar-refractivity contribution in [2.45, 2.75) is 79.6 Å². The van der Waals surface area contributed by atoms with E-state index in [4.69, 9.17) is 9.97 Å². The van der Waals surface area contributed by atoms with Crippen LogP contribution in [0.4, 0.5) is 0 Å². The number of rotatable bonds is 4. The Balaban J connectivity index is 1.60. The summed E-state index contributed by atoms with van der Waals surface area (Å²) in [5.41, 5.74) is 12.1. The average Bonchev–Trinajstić information content (AvgIpc) is 3.32. The zero-order chi connectivity index (χ0) is 28.6. The number of fused-ring (bicyclic) bond motifs is 3. The number of aryl methyl sites for hydroxylation is 1. The minimum Gasteiger partial charge on any atom is -0.256 e. The van der Waals surface area contributed by atoms with E-state index in [1.54, 1.807) is 0 Å². The molecule has 0 fully saturated rings. The van der Waals surface area contributed by atoms with Gasteiger partial charge in [-0.05, 0) is 95.1 Å². The van der Waals surface area contributed by atoms with Gasteiger partial charge in [0.2, 0.25) is 0 Å². The van der Waals surface area contributed by atoms with Crippen LogP contribution in [0.2, 0.25) is 0 Å². The molecule has 3 heteroatoms. The molecule has 0 saturated carbocycles. The molecule has 2 aromatic carbocycles. The molecule has 204 valence electrons. The van der Waals surface area contributed by atoms with Gasteiger partial charge in [0.15, 0.2) is 0 Å². The maximum atomic E-state index is 5.38. The van der Waals surface area contributed by atoms with Gasteiger partial charge in [0.25, 0.3) is 0 Å². The van der Waals surface area contributed by atoms with Crippen molar-refractivity contribution in [2.24, 2.45) is 5.92 Å². The molecule has 0 amide bonds. The molecule has 0 atom stereocenters. The fourth-order valence-electron chi connectivity index (χ4n) is 6.43. The fourth-order valence-corrected chi connectivity index (χ4v) is 7.89. The number of aromatic nitrogens is 2. The van der Waals surface area contributed by atoms with Crippen LogP contribution in [0.5, 0.6) is 0 Å². The Morgan fingerprint density at radius 2 is 1.70 bits per heavy atom. The van der Waals surface area contributed by atoms with Crippen LogP contribution in [0.3, 0.4) is 0 Å². The summed E-state index contributed by atoms with van der Waals surface area (Å²) in [5.74, 6) is 0.654. The Morgan fingerprint density at radius 3 is 2.42 bits per heavy atom. The van der Waals surface area contributed by atoms with Crippen LogP contribution < -0.4 is 0 Å². The highest BCUT2D eigenvalue weighted by atomic mass is 32.1. The molecule has 0 unspecified atom stereocenters. The van der Waals surface area contributed by atoms with E-state index in [0.717, 1.165) is 23.2 Å². The molecule has 2 nitrogen and oxygen atoms in total. The van der Waals surface area contributed by atoms with Gasteiger partial charge in [-0.1, -0.05) is 72.7 Å². The number of thiophene rings is 1. The highest BCUT2D eigenvalue weighted by Gasteiger charge is 2.33. The van der Waals surface area contributed by atoms with Crippen LogP contribution in [0.25, 0.3) is 48.9 Å². The van der Waals surface area contributed by atoms with Crippen LogP contribution in [-0.4, -0.2) is 9.97 Å². The summed E-state index contributed by atoms with van der Waals surface area (Å²) in [6, 6.07) is 18.2. The SMILES string of the molecule is CC1=CC(C)(C)c2nc(-c3cc(C(C)(C)C)c4cccnc4c3)cc(-c3ccc4c(C)c(CC(C)C)sc4c3)c21. The summed E-state index contributed by atoms with van der Waals surface area (Å²) in [7, 11) is 0. The number of benzene rings is 2. The van der Waals surface area contributed by atoms with Gasteiger partial charge >= 0.3 is 0 Å². The molecule has 3 heterocycles. The summed E-state index contributed by atoms with van der Waals surface area (Å²) in [4.78, 5) is 11.7. The van der Waals surface area contributed by atoms with Crippen LogP contribution in [0.15, 0.2) is 60.8 Å². The molecule has 0 saturated heterocycles. The number of nitrogens with zero attached hydrogens (tertiary/aromatic N) is 2. The van der Waals surface area contributed by atoms with E-state index in [2.05, 4.69) is 111 Å². The third-order valence-corrected chi connectivity index (χ3v) is 9.64. The minimum absolute atomic E-state index is 0.00989. The van der Waals surface area contributed by atoms with Gasteiger partial charge in [-0.25, -0.2) is 0 Å². The Bertz CT molecular complexity index is 1830. The van der Waals surface area contributed by atoms with Gasteiger partial charge in [0.1, 0.15) is 0 Å². The largest absolute Gasteiger partial charge is 0.256 e. The first kappa shape index (κ1) is 26.9. The standard InChI is InChI=1S/C37H40N2S/c1-21(2)15-32-23(4)26-13-12-24(18-33(26)40-32)28-19-30(39-35-34(28)22(3)20-37(35,8)9)25-16-29(36(5,6)7)27-11-10-14-38-31(27)17-25/h10-14,16-21H,15H2,1-9H3. The van der Waals surface area contributed by atoms with Crippen LogP contribution >= 0.6 is 11.3 Å². The Labute approximate surface area is 243 Å². The first-order chi connectivity index (χ1) is 18.8. The molecule has 1 aliphatic carbocycles. The second-order valence-corrected chi connectivity index (χ2v) is 14.8. The molecule has 0 radical (unpaired) electrons. The van der Waals surface area contributed by atoms with Crippen molar-refractivity contribution in [3.8, 4) is 22.4 Å². The van der Waals surface area contributed by atoms with Crippen LogP contribution in [0.1, 0.15) is 82.7 Å².